The molecular weight excluding hydrogens is 272 g/mol. The number of likely N-dealkylation sites (tertiary alicyclic amines) is 1. The largest absolute Gasteiger partial charge is 0.508 e. The lowest BCUT2D eigenvalue weighted by atomic mass is 9.97. The molecule has 6 nitrogen and oxygen atoms in total. The van der Waals surface area contributed by atoms with Crippen molar-refractivity contribution in [3.8, 4) is 5.75 Å². The Morgan fingerprint density at radius 1 is 1.33 bits per heavy atom. The van der Waals surface area contributed by atoms with Crippen LogP contribution in [0, 0.1) is 5.92 Å². The van der Waals surface area contributed by atoms with Gasteiger partial charge in [-0.25, -0.2) is 0 Å². The molecule has 1 aromatic rings. The van der Waals surface area contributed by atoms with E-state index in [1.165, 1.54) is 0 Å². The number of piperidine rings is 1. The standard InChI is InChI=1S/C15H20N2O4/c1-16(12-3-2-4-13(18)9-12)10-14(19)17-7-5-11(6-8-17)15(20)21/h2-4,9,11,18H,5-8,10H2,1H3,(H,20,21). The Hall–Kier alpha value is -2.24. The summed E-state index contributed by atoms with van der Waals surface area (Å²) in [5.74, 6) is -0.976. The number of aliphatic carboxylic acids is 1. The van der Waals surface area contributed by atoms with Crippen molar-refractivity contribution < 1.29 is 19.8 Å². The molecule has 2 N–H and O–H groups in total. The van der Waals surface area contributed by atoms with Crippen molar-refractivity contribution in [3.05, 3.63) is 24.3 Å². The van der Waals surface area contributed by atoms with Gasteiger partial charge in [0.05, 0.1) is 12.5 Å². The SMILES string of the molecule is CN(CC(=O)N1CCC(C(=O)O)CC1)c1cccc(O)c1. The predicted molar refractivity (Wildman–Crippen MR) is 78.3 cm³/mol. The summed E-state index contributed by atoms with van der Waals surface area (Å²) in [6, 6.07) is 6.73. The number of carboxylic acids is 1. The fourth-order valence-corrected chi connectivity index (χ4v) is 2.50. The molecule has 0 radical (unpaired) electrons. The second kappa shape index (κ2) is 6.47. The average Bonchev–Trinajstić information content (AvgIpc) is 2.47. The van der Waals surface area contributed by atoms with Crippen LogP contribution < -0.4 is 4.90 Å². The molecule has 0 saturated carbocycles. The second-order valence-corrected chi connectivity index (χ2v) is 5.37. The van der Waals surface area contributed by atoms with Gasteiger partial charge in [-0.05, 0) is 25.0 Å². The molecular formula is C15H20N2O4. The monoisotopic (exact) mass is 292 g/mol. The van der Waals surface area contributed by atoms with Crippen LogP contribution in [0.3, 0.4) is 0 Å². The van der Waals surface area contributed by atoms with Crippen LogP contribution in [0.2, 0.25) is 0 Å². The minimum absolute atomic E-state index is 0.0234. The number of nitrogens with zero attached hydrogens (tertiary/aromatic N) is 2. The summed E-state index contributed by atoms with van der Waals surface area (Å²) in [5, 5.41) is 18.4. The Morgan fingerprint density at radius 2 is 2.00 bits per heavy atom. The minimum Gasteiger partial charge on any atom is -0.508 e. The topological polar surface area (TPSA) is 81.1 Å². The number of likely N-dealkylation sites (N-methyl/N-ethyl adjacent to an activating group) is 1. The first-order chi connectivity index (χ1) is 9.97. The third-order valence-corrected chi connectivity index (χ3v) is 3.84. The Kier molecular flexibility index (Phi) is 4.67. The minimum atomic E-state index is -0.779. The second-order valence-electron chi connectivity index (χ2n) is 5.37. The summed E-state index contributed by atoms with van der Waals surface area (Å²) in [6.45, 7) is 1.19. The van der Waals surface area contributed by atoms with Gasteiger partial charge >= 0.3 is 5.97 Å². The van der Waals surface area contributed by atoms with Gasteiger partial charge in [0.2, 0.25) is 5.91 Å². The molecule has 1 fully saturated rings. The number of hydrogen-bond donors (Lipinski definition) is 2. The Morgan fingerprint density at radius 3 is 2.57 bits per heavy atom. The van der Waals surface area contributed by atoms with Gasteiger partial charge in [0.15, 0.2) is 0 Å². The number of amides is 1. The van der Waals surface area contributed by atoms with Crippen LogP contribution in [0.25, 0.3) is 0 Å². The van der Waals surface area contributed by atoms with Crippen molar-refractivity contribution in [2.24, 2.45) is 5.92 Å². The number of aromatic hydroxyl groups is 1. The lowest BCUT2D eigenvalue weighted by Gasteiger charge is -2.31. The number of carboxylic acid groups (broad SMARTS) is 1. The summed E-state index contributed by atoms with van der Waals surface area (Å²) in [4.78, 5) is 26.6. The number of phenolic OH excluding ortho intramolecular Hbond substituents is 1. The molecule has 21 heavy (non-hydrogen) atoms. The number of carbonyl (C=O) groups is 2. The zero-order valence-corrected chi connectivity index (χ0v) is 12.0. The predicted octanol–water partition coefficient (Wildman–Crippen LogP) is 1.15. The molecule has 1 amide bonds. The highest BCUT2D eigenvalue weighted by atomic mass is 16.4. The van der Waals surface area contributed by atoms with Crippen LogP contribution in [0.4, 0.5) is 5.69 Å². The zero-order chi connectivity index (χ0) is 15.4. The summed E-state index contributed by atoms with van der Waals surface area (Å²) in [7, 11) is 1.79. The molecule has 1 saturated heterocycles. The van der Waals surface area contributed by atoms with Gasteiger partial charge in [0, 0.05) is 31.9 Å². The summed E-state index contributed by atoms with van der Waals surface area (Å²) in [5.41, 5.74) is 0.767. The van der Waals surface area contributed by atoms with Crippen molar-refractivity contribution in [1.29, 1.82) is 0 Å². The van der Waals surface area contributed by atoms with Crippen molar-refractivity contribution >= 4 is 17.6 Å². The van der Waals surface area contributed by atoms with Gasteiger partial charge < -0.3 is 20.0 Å². The summed E-state index contributed by atoms with van der Waals surface area (Å²) < 4.78 is 0. The molecule has 0 unspecified atom stereocenters. The number of rotatable bonds is 4. The van der Waals surface area contributed by atoms with Crippen LogP contribution in [0.15, 0.2) is 24.3 Å². The van der Waals surface area contributed by atoms with Crippen LogP contribution in [0.1, 0.15) is 12.8 Å². The molecule has 6 heteroatoms. The molecule has 0 aromatic heterocycles. The summed E-state index contributed by atoms with van der Waals surface area (Å²) >= 11 is 0. The number of benzene rings is 1. The van der Waals surface area contributed by atoms with E-state index in [-0.39, 0.29) is 24.1 Å². The van der Waals surface area contributed by atoms with Gasteiger partial charge in [0.1, 0.15) is 5.75 Å². The van der Waals surface area contributed by atoms with E-state index in [0.29, 0.717) is 25.9 Å². The first kappa shape index (κ1) is 15.2. The molecule has 1 aromatic carbocycles. The van der Waals surface area contributed by atoms with E-state index in [9.17, 15) is 14.7 Å². The third-order valence-electron chi connectivity index (χ3n) is 3.84. The lowest BCUT2D eigenvalue weighted by molar-refractivity contribution is -0.145. The molecule has 0 bridgehead atoms. The molecule has 0 atom stereocenters. The molecule has 1 heterocycles. The third kappa shape index (κ3) is 3.87. The molecule has 0 spiro atoms. The number of phenols is 1. The van der Waals surface area contributed by atoms with Crippen LogP contribution in [-0.4, -0.2) is 53.7 Å². The Labute approximate surface area is 123 Å². The van der Waals surface area contributed by atoms with Crippen molar-refractivity contribution in [3.63, 3.8) is 0 Å². The van der Waals surface area contributed by atoms with Gasteiger partial charge in [-0.2, -0.15) is 0 Å². The zero-order valence-electron chi connectivity index (χ0n) is 12.0. The highest BCUT2D eigenvalue weighted by Crippen LogP contribution is 2.20. The van der Waals surface area contributed by atoms with Gasteiger partial charge in [-0.3, -0.25) is 9.59 Å². The van der Waals surface area contributed by atoms with Crippen LogP contribution in [0.5, 0.6) is 5.75 Å². The Bertz CT molecular complexity index is 524. The average molecular weight is 292 g/mol. The maximum absolute atomic E-state index is 12.2. The fraction of sp³-hybridized carbons (Fsp3) is 0.467. The van der Waals surface area contributed by atoms with Gasteiger partial charge in [-0.15, -0.1) is 0 Å². The fourth-order valence-electron chi connectivity index (χ4n) is 2.50. The van der Waals surface area contributed by atoms with E-state index >= 15 is 0 Å². The van der Waals surface area contributed by atoms with Crippen LogP contribution in [-0.2, 0) is 9.59 Å². The first-order valence-electron chi connectivity index (χ1n) is 6.98. The maximum Gasteiger partial charge on any atom is 0.306 e. The normalized spacial score (nSPS) is 15.8. The lowest BCUT2D eigenvalue weighted by Crippen LogP contribution is -2.44. The van der Waals surface area contributed by atoms with E-state index in [1.54, 1.807) is 35.0 Å². The molecule has 114 valence electrons. The van der Waals surface area contributed by atoms with Gasteiger partial charge in [0.25, 0.3) is 0 Å². The molecule has 2 rings (SSSR count). The molecule has 1 aliphatic rings. The molecule has 1 aliphatic heterocycles. The maximum atomic E-state index is 12.2. The summed E-state index contributed by atoms with van der Waals surface area (Å²) in [6.07, 6.45) is 1.02. The smallest absolute Gasteiger partial charge is 0.306 e. The van der Waals surface area contributed by atoms with Crippen molar-refractivity contribution in [1.82, 2.24) is 4.90 Å². The highest BCUT2D eigenvalue weighted by Gasteiger charge is 2.27. The van der Waals surface area contributed by atoms with E-state index in [1.807, 2.05) is 6.07 Å². The van der Waals surface area contributed by atoms with Crippen LogP contribution >= 0.6 is 0 Å². The quantitative estimate of drug-likeness (QED) is 0.870. The first-order valence-corrected chi connectivity index (χ1v) is 6.98. The van der Waals surface area contributed by atoms with E-state index in [0.717, 1.165) is 5.69 Å². The number of anilines is 1. The molecule has 0 aliphatic carbocycles. The number of hydrogen-bond acceptors (Lipinski definition) is 4. The van der Waals surface area contributed by atoms with E-state index in [4.69, 9.17) is 5.11 Å². The van der Waals surface area contributed by atoms with E-state index < -0.39 is 5.97 Å². The van der Waals surface area contributed by atoms with Crippen molar-refractivity contribution in [2.45, 2.75) is 12.8 Å². The highest BCUT2D eigenvalue weighted by molar-refractivity contribution is 5.82. The number of carbonyl (C=O) groups excluding carboxylic acids is 1. The Balaban J connectivity index is 1.89. The van der Waals surface area contributed by atoms with Crippen molar-refractivity contribution in [2.75, 3.05) is 31.6 Å². The van der Waals surface area contributed by atoms with Gasteiger partial charge in [-0.1, -0.05) is 6.07 Å². The van der Waals surface area contributed by atoms with E-state index in [2.05, 4.69) is 0 Å².